The molecule has 0 aliphatic carbocycles. The molecule has 0 spiro atoms. The van der Waals surface area contributed by atoms with Crippen LogP contribution in [0.2, 0.25) is 5.02 Å². The molecule has 0 bridgehead atoms. The Morgan fingerprint density at radius 3 is 2.71 bits per heavy atom. The van der Waals surface area contributed by atoms with Gasteiger partial charge < -0.3 is 5.32 Å². The molecule has 4 nitrogen and oxygen atoms in total. The van der Waals surface area contributed by atoms with E-state index in [0.717, 1.165) is 10.5 Å². The Labute approximate surface area is 105 Å². The topological polar surface area (TPSA) is 49.4 Å². The number of carbonyl (C=O) groups is 2. The number of amides is 2. The van der Waals surface area contributed by atoms with Crippen LogP contribution in [0.3, 0.4) is 0 Å². The Hall–Kier alpha value is -1.55. The monoisotopic (exact) mass is 252 g/mol. The first-order chi connectivity index (χ1) is 7.99. The molecule has 0 radical (unpaired) electrons. The minimum Gasteiger partial charge on any atom is -0.372 e. The molecule has 0 aromatic heterocycles. The first kappa shape index (κ1) is 11.9. The van der Waals surface area contributed by atoms with Crippen LogP contribution in [-0.4, -0.2) is 29.8 Å². The molecule has 2 rings (SSSR count). The van der Waals surface area contributed by atoms with E-state index in [-0.39, 0.29) is 18.2 Å². The van der Waals surface area contributed by atoms with Crippen LogP contribution in [0.1, 0.15) is 12.0 Å². The van der Waals surface area contributed by atoms with E-state index in [1.165, 1.54) is 7.05 Å². The van der Waals surface area contributed by atoms with Crippen LogP contribution in [0.25, 0.3) is 0 Å². The van der Waals surface area contributed by atoms with E-state index >= 15 is 0 Å². The second kappa shape index (κ2) is 4.37. The van der Waals surface area contributed by atoms with Crippen LogP contribution in [-0.2, 0) is 9.59 Å². The summed E-state index contributed by atoms with van der Waals surface area (Å²) in [4.78, 5) is 24.2. The number of carbonyl (C=O) groups excluding carboxylic acids is 2. The van der Waals surface area contributed by atoms with Crippen LogP contribution >= 0.6 is 11.6 Å². The largest absolute Gasteiger partial charge is 0.372 e. The van der Waals surface area contributed by atoms with Crippen molar-refractivity contribution in [3.63, 3.8) is 0 Å². The molecule has 5 heteroatoms. The fourth-order valence-electron chi connectivity index (χ4n) is 1.81. The number of hydrogen-bond acceptors (Lipinski definition) is 3. The van der Waals surface area contributed by atoms with Gasteiger partial charge in [0.2, 0.25) is 5.91 Å². The summed E-state index contributed by atoms with van der Waals surface area (Å²) < 4.78 is 0. The van der Waals surface area contributed by atoms with E-state index < -0.39 is 6.04 Å². The lowest BCUT2D eigenvalue weighted by molar-refractivity contribution is -0.136. The van der Waals surface area contributed by atoms with Gasteiger partial charge in [-0.2, -0.15) is 0 Å². The molecule has 1 fully saturated rings. The van der Waals surface area contributed by atoms with Crippen molar-refractivity contribution in [2.75, 3.05) is 12.4 Å². The van der Waals surface area contributed by atoms with Gasteiger partial charge in [-0.1, -0.05) is 17.7 Å². The van der Waals surface area contributed by atoms with Crippen LogP contribution in [0.15, 0.2) is 18.2 Å². The van der Waals surface area contributed by atoms with Crippen molar-refractivity contribution in [2.24, 2.45) is 0 Å². The smallest absolute Gasteiger partial charge is 0.251 e. The molecule has 0 saturated carbocycles. The predicted molar refractivity (Wildman–Crippen MR) is 66.0 cm³/mol. The van der Waals surface area contributed by atoms with Gasteiger partial charge in [0.1, 0.15) is 6.04 Å². The third-order valence-electron chi connectivity index (χ3n) is 2.83. The number of likely N-dealkylation sites (tertiary alicyclic amines) is 1. The maximum absolute atomic E-state index is 11.7. The third-order valence-corrected chi connectivity index (χ3v) is 3.16. The van der Waals surface area contributed by atoms with E-state index in [1.54, 1.807) is 6.07 Å². The molecule has 1 unspecified atom stereocenters. The van der Waals surface area contributed by atoms with Crippen molar-refractivity contribution >= 4 is 29.1 Å². The standard InChI is InChI=1S/C12H13ClN2O2/c1-7-3-4-8(13)9(5-7)14-10-6-11(16)15(2)12(10)17/h3-5,10,14H,6H2,1-2H3. The van der Waals surface area contributed by atoms with Crippen LogP contribution < -0.4 is 5.32 Å². The molecule has 2 amide bonds. The molecule has 90 valence electrons. The Kier molecular flexibility index (Phi) is 3.07. The summed E-state index contributed by atoms with van der Waals surface area (Å²) in [5, 5.41) is 3.56. The molecule has 1 aliphatic rings. The van der Waals surface area contributed by atoms with Gasteiger partial charge in [-0.05, 0) is 24.6 Å². The van der Waals surface area contributed by atoms with Crippen molar-refractivity contribution in [3.8, 4) is 0 Å². The first-order valence-electron chi connectivity index (χ1n) is 5.32. The van der Waals surface area contributed by atoms with E-state index in [2.05, 4.69) is 5.32 Å². The molecule has 1 atom stereocenters. The van der Waals surface area contributed by atoms with Crippen molar-refractivity contribution in [1.82, 2.24) is 4.90 Å². The van der Waals surface area contributed by atoms with Crippen molar-refractivity contribution in [3.05, 3.63) is 28.8 Å². The minimum atomic E-state index is -0.508. The van der Waals surface area contributed by atoms with E-state index in [0.29, 0.717) is 10.7 Å². The average molecular weight is 253 g/mol. The van der Waals surface area contributed by atoms with Crippen LogP contribution in [0.4, 0.5) is 5.69 Å². The zero-order chi connectivity index (χ0) is 12.6. The van der Waals surface area contributed by atoms with Crippen molar-refractivity contribution in [1.29, 1.82) is 0 Å². The van der Waals surface area contributed by atoms with Gasteiger partial charge in [0.05, 0.1) is 17.1 Å². The maximum Gasteiger partial charge on any atom is 0.251 e. The van der Waals surface area contributed by atoms with Gasteiger partial charge >= 0.3 is 0 Å². The van der Waals surface area contributed by atoms with Gasteiger partial charge in [0, 0.05) is 7.05 Å². The summed E-state index contributed by atoms with van der Waals surface area (Å²) in [6, 6.07) is 5.01. The lowest BCUT2D eigenvalue weighted by Gasteiger charge is -2.14. The van der Waals surface area contributed by atoms with Gasteiger partial charge in [-0.25, -0.2) is 0 Å². The highest BCUT2D eigenvalue weighted by atomic mass is 35.5. The number of imide groups is 1. The predicted octanol–water partition coefficient (Wildman–Crippen LogP) is 1.82. The van der Waals surface area contributed by atoms with Crippen molar-refractivity contribution < 1.29 is 9.59 Å². The quantitative estimate of drug-likeness (QED) is 0.817. The molecule has 1 aliphatic heterocycles. The molecule has 1 aromatic rings. The molecule has 1 saturated heterocycles. The lowest BCUT2D eigenvalue weighted by atomic mass is 10.2. The zero-order valence-corrected chi connectivity index (χ0v) is 10.4. The number of halogens is 1. The molecular formula is C12H13ClN2O2. The number of rotatable bonds is 2. The average Bonchev–Trinajstić information content (AvgIpc) is 2.52. The molecule has 1 aromatic carbocycles. The Balaban J connectivity index is 2.19. The molecule has 1 heterocycles. The Morgan fingerprint density at radius 2 is 2.12 bits per heavy atom. The highest BCUT2D eigenvalue weighted by Gasteiger charge is 2.36. The summed E-state index contributed by atoms with van der Waals surface area (Å²) in [5.41, 5.74) is 1.73. The Bertz CT molecular complexity index is 487. The molecule has 17 heavy (non-hydrogen) atoms. The number of hydrogen-bond donors (Lipinski definition) is 1. The van der Waals surface area contributed by atoms with Crippen LogP contribution in [0.5, 0.6) is 0 Å². The highest BCUT2D eigenvalue weighted by molar-refractivity contribution is 6.33. The van der Waals surface area contributed by atoms with Gasteiger partial charge in [-0.3, -0.25) is 14.5 Å². The fraction of sp³-hybridized carbons (Fsp3) is 0.333. The number of nitrogens with zero attached hydrogens (tertiary/aromatic N) is 1. The summed E-state index contributed by atoms with van der Waals surface area (Å²) >= 11 is 6.02. The SMILES string of the molecule is Cc1ccc(Cl)c(NC2CC(=O)N(C)C2=O)c1. The first-order valence-corrected chi connectivity index (χ1v) is 5.70. The normalized spacial score (nSPS) is 19.9. The van der Waals surface area contributed by atoms with Gasteiger partial charge in [0.15, 0.2) is 0 Å². The number of nitrogens with one attached hydrogen (secondary N) is 1. The van der Waals surface area contributed by atoms with Gasteiger partial charge in [0.25, 0.3) is 5.91 Å². The summed E-state index contributed by atoms with van der Waals surface area (Å²) in [6.45, 7) is 1.94. The summed E-state index contributed by atoms with van der Waals surface area (Å²) in [6.07, 6.45) is 0.180. The lowest BCUT2D eigenvalue weighted by Crippen LogP contribution is -2.31. The summed E-state index contributed by atoms with van der Waals surface area (Å²) in [5.74, 6) is -0.385. The Morgan fingerprint density at radius 1 is 1.41 bits per heavy atom. The molecular weight excluding hydrogens is 240 g/mol. The number of anilines is 1. The third kappa shape index (κ3) is 2.26. The van der Waals surface area contributed by atoms with Gasteiger partial charge in [-0.15, -0.1) is 0 Å². The number of aryl methyl sites for hydroxylation is 1. The highest BCUT2D eigenvalue weighted by Crippen LogP contribution is 2.25. The number of benzene rings is 1. The van der Waals surface area contributed by atoms with Crippen molar-refractivity contribution in [2.45, 2.75) is 19.4 Å². The minimum absolute atomic E-state index is 0.170. The maximum atomic E-state index is 11.7. The van der Waals surface area contributed by atoms with E-state index in [1.807, 2.05) is 19.1 Å². The second-order valence-corrected chi connectivity index (χ2v) is 4.58. The fourth-order valence-corrected chi connectivity index (χ4v) is 1.98. The van der Waals surface area contributed by atoms with E-state index in [9.17, 15) is 9.59 Å². The van der Waals surface area contributed by atoms with E-state index in [4.69, 9.17) is 11.6 Å². The second-order valence-electron chi connectivity index (χ2n) is 4.18. The van der Waals surface area contributed by atoms with Crippen LogP contribution in [0, 0.1) is 6.92 Å². The number of likely N-dealkylation sites (N-methyl/N-ethyl adjacent to an activating group) is 1. The summed E-state index contributed by atoms with van der Waals surface area (Å²) in [7, 11) is 1.49. The zero-order valence-electron chi connectivity index (χ0n) is 9.66. The molecule has 1 N–H and O–H groups in total.